The molecule has 0 aliphatic heterocycles. The first kappa shape index (κ1) is 9.33. The van der Waals surface area contributed by atoms with Crippen LogP contribution >= 0.6 is 12.6 Å². The lowest BCUT2D eigenvalue weighted by Crippen LogP contribution is -1.83. The van der Waals surface area contributed by atoms with Gasteiger partial charge >= 0.3 is 0 Å². The average Bonchev–Trinajstić information content (AvgIpc) is 2.05. The highest BCUT2D eigenvalue weighted by Crippen LogP contribution is 2.01. The van der Waals surface area contributed by atoms with Crippen molar-refractivity contribution in [3.63, 3.8) is 0 Å². The predicted molar refractivity (Wildman–Crippen MR) is 56.5 cm³/mol. The second-order valence-corrected chi connectivity index (χ2v) is 3.07. The maximum atomic E-state index is 4.33. The Labute approximate surface area is 78.9 Å². The summed E-state index contributed by atoms with van der Waals surface area (Å²) in [7, 11) is 0. The van der Waals surface area contributed by atoms with Crippen molar-refractivity contribution in [3.8, 4) is 0 Å². The van der Waals surface area contributed by atoms with E-state index in [9.17, 15) is 0 Å². The van der Waals surface area contributed by atoms with Gasteiger partial charge < -0.3 is 0 Å². The molecular formula is C10H13NS. The van der Waals surface area contributed by atoms with Crippen LogP contribution in [0.5, 0.6) is 0 Å². The van der Waals surface area contributed by atoms with E-state index >= 15 is 0 Å². The van der Waals surface area contributed by atoms with Crippen LogP contribution in [-0.4, -0.2) is 10.7 Å². The highest BCUT2D eigenvalue weighted by atomic mass is 32.1. The lowest BCUT2D eigenvalue weighted by atomic mass is 10.3. The molecule has 0 fully saturated rings. The zero-order valence-corrected chi connectivity index (χ0v) is 8.09. The number of hydrogen-bond donors (Lipinski definition) is 1. The minimum atomic E-state index is 0.891. The smallest absolute Gasteiger partial charge is 0.0629 e. The minimum Gasteiger partial charge on any atom is -0.254 e. The maximum Gasteiger partial charge on any atom is 0.0629 e. The summed E-state index contributed by atoms with van der Waals surface area (Å²) in [4.78, 5) is 4.33. The molecule has 0 aromatic carbocycles. The molecule has 2 heteroatoms. The van der Waals surface area contributed by atoms with Crippen molar-refractivity contribution in [3.05, 3.63) is 35.7 Å². The molecule has 0 bridgehead atoms. The number of aromatic nitrogens is 1. The van der Waals surface area contributed by atoms with E-state index in [4.69, 9.17) is 0 Å². The molecule has 12 heavy (non-hydrogen) atoms. The van der Waals surface area contributed by atoms with Crippen LogP contribution in [0.3, 0.4) is 0 Å². The van der Waals surface area contributed by atoms with Gasteiger partial charge in [-0.05, 0) is 37.3 Å². The summed E-state index contributed by atoms with van der Waals surface area (Å²) in [6.07, 6.45) is 5.12. The van der Waals surface area contributed by atoms with Gasteiger partial charge in [-0.1, -0.05) is 12.1 Å². The van der Waals surface area contributed by atoms with Crippen LogP contribution in [0.2, 0.25) is 0 Å². The summed E-state index contributed by atoms with van der Waals surface area (Å²) in [6.45, 7) is 2.00. The molecule has 0 saturated carbocycles. The second kappa shape index (κ2) is 4.99. The number of aryl methyl sites for hydroxylation is 1. The highest BCUT2D eigenvalue weighted by molar-refractivity contribution is 7.80. The molecule has 1 aromatic rings. The molecule has 0 spiro atoms. The Morgan fingerprint density at radius 1 is 1.50 bits per heavy atom. The van der Waals surface area contributed by atoms with E-state index in [2.05, 4.69) is 23.7 Å². The molecular weight excluding hydrogens is 166 g/mol. The van der Waals surface area contributed by atoms with Crippen molar-refractivity contribution in [2.45, 2.75) is 13.3 Å². The van der Waals surface area contributed by atoms with Crippen LogP contribution in [-0.2, 0) is 0 Å². The van der Waals surface area contributed by atoms with Crippen LogP contribution in [0.1, 0.15) is 17.8 Å². The van der Waals surface area contributed by atoms with E-state index in [0.29, 0.717) is 0 Å². The maximum absolute atomic E-state index is 4.33. The Morgan fingerprint density at radius 2 is 2.33 bits per heavy atom. The molecule has 0 aliphatic carbocycles. The molecule has 1 rings (SSSR count). The van der Waals surface area contributed by atoms with Crippen LogP contribution < -0.4 is 0 Å². The van der Waals surface area contributed by atoms with Gasteiger partial charge in [-0.15, -0.1) is 0 Å². The van der Waals surface area contributed by atoms with Crippen molar-refractivity contribution < 1.29 is 0 Å². The summed E-state index contributed by atoms with van der Waals surface area (Å²) < 4.78 is 0. The standard InChI is InChI=1S/C10H13NS/c1-9-5-4-7-10(11-9)6-2-3-8-12/h2,4-7,12H,3,8H2,1H3. The average molecular weight is 179 g/mol. The fraction of sp³-hybridized carbons (Fsp3) is 0.300. The third kappa shape index (κ3) is 3.09. The van der Waals surface area contributed by atoms with Crippen molar-refractivity contribution in [2.75, 3.05) is 5.75 Å². The van der Waals surface area contributed by atoms with Gasteiger partial charge in [0, 0.05) is 5.69 Å². The van der Waals surface area contributed by atoms with Gasteiger partial charge in [-0.25, -0.2) is 0 Å². The summed E-state index contributed by atoms with van der Waals surface area (Å²) in [5, 5.41) is 0. The quantitative estimate of drug-likeness (QED) is 0.704. The molecule has 0 amide bonds. The van der Waals surface area contributed by atoms with Crippen molar-refractivity contribution in [1.82, 2.24) is 4.98 Å². The lowest BCUT2D eigenvalue weighted by molar-refractivity contribution is 1.17. The van der Waals surface area contributed by atoms with E-state index in [1.54, 1.807) is 0 Å². The number of thiol groups is 1. The highest BCUT2D eigenvalue weighted by Gasteiger charge is 1.87. The van der Waals surface area contributed by atoms with E-state index in [1.807, 2.05) is 31.2 Å². The third-order valence-electron chi connectivity index (χ3n) is 1.49. The van der Waals surface area contributed by atoms with Crippen molar-refractivity contribution >= 4 is 18.7 Å². The summed E-state index contributed by atoms with van der Waals surface area (Å²) in [5.41, 5.74) is 2.08. The Kier molecular flexibility index (Phi) is 3.88. The Balaban J connectivity index is 2.63. The molecule has 1 heterocycles. The fourth-order valence-electron chi connectivity index (χ4n) is 0.936. The first-order chi connectivity index (χ1) is 5.83. The van der Waals surface area contributed by atoms with Crippen LogP contribution in [0, 0.1) is 6.92 Å². The zero-order valence-electron chi connectivity index (χ0n) is 7.20. The first-order valence-corrected chi connectivity index (χ1v) is 4.67. The number of allylic oxidation sites excluding steroid dienone is 1. The van der Waals surface area contributed by atoms with Crippen LogP contribution in [0.4, 0.5) is 0 Å². The van der Waals surface area contributed by atoms with Gasteiger partial charge in [-0.3, -0.25) is 4.98 Å². The number of rotatable bonds is 3. The van der Waals surface area contributed by atoms with E-state index in [-0.39, 0.29) is 0 Å². The van der Waals surface area contributed by atoms with Gasteiger partial charge in [0.05, 0.1) is 5.69 Å². The molecule has 1 aromatic heterocycles. The topological polar surface area (TPSA) is 12.9 Å². The second-order valence-electron chi connectivity index (χ2n) is 2.62. The van der Waals surface area contributed by atoms with Gasteiger partial charge in [0.2, 0.25) is 0 Å². The van der Waals surface area contributed by atoms with E-state index < -0.39 is 0 Å². The monoisotopic (exact) mass is 179 g/mol. The third-order valence-corrected chi connectivity index (χ3v) is 1.75. The zero-order chi connectivity index (χ0) is 8.81. The Bertz CT molecular complexity index is 268. The number of hydrogen-bond acceptors (Lipinski definition) is 2. The van der Waals surface area contributed by atoms with Crippen LogP contribution in [0.15, 0.2) is 24.3 Å². The Hall–Kier alpha value is -0.760. The van der Waals surface area contributed by atoms with Crippen LogP contribution in [0.25, 0.3) is 6.08 Å². The fourth-order valence-corrected chi connectivity index (χ4v) is 1.08. The van der Waals surface area contributed by atoms with E-state index in [0.717, 1.165) is 23.6 Å². The predicted octanol–water partition coefficient (Wildman–Crippen LogP) is 2.72. The summed E-state index contributed by atoms with van der Waals surface area (Å²) >= 11 is 4.12. The van der Waals surface area contributed by atoms with Gasteiger partial charge in [0.25, 0.3) is 0 Å². The lowest BCUT2D eigenvalue weighted by Gasteiger charge is -1.93. The van der Waals surface area contributed by atoms with Gasteiger partial charge in [0.15, 0.2) is 0 Å². The molecule has 0 aliphatic rings. The molecule has 0 atom stereocenters. The van der Waals surface area contributed by atoms with Gasteiger partial charge in [0.1, 0.15) is 0 Å². The SMILES string of the molecule is Cc1cccc(C=CCCS)n1. The molecule has 64 valence electrons. The van der Waals surface area contributed by atoms with Crippen molar-refractivity contribution in [1.29, 1.82) is 0 Å². The largest absolute Gasteiger partial charge is 0.254 e. The Morgan fingerprint density at radius 3 is 3.00 bits per heavy atom. The molecule has 0 radical (unpaired) electrons. The number of pyridine rings is 1. The first-order valence-electron chi connectivity index (χ1n) is 4.04. The number of nitrogens with zero attached hydrogens (tertiary/aromatic N) is 1. The molecule has 1 nitrogen and oxygen atoms in total. The minimum absolute atomic E-state index is 0.891. The van der Waals surface area contributed by atoms with Crippen molar-refractivity contribution in [2.24, 2.45) is 0 Å². The summed E-state index contributed by atoms with van der Waals surface area (Å²) in [5.74, 6) is 0.891. The molecule has 0 unspecified atom stereocenters. The summed E-state index contributed by atoms with van der Waals surface area (Å²) in [6, 6.07) is 6.01. The van der Waals surface area contributed by atoms with E-state index in [1.165, 1.54) is 0 Å². The van der Waals surface area contributed by atoms with Gasteiger partial charge in [-0.2, -0.15) is 12.6 Å². The molecule has 0 N–H and O–H groups in total. The normalized spacial score (nSPS) is 10.8. The molecule has 0 saturated heterocycles.